The average Bonchev–Trinajstić information content (AvgIpc) is 3.17. The standard InChI is InChI=1S/C16H14Cl2N6O3/c1-10-14(24(26)27)8-23(20-10)9-16(25)19-15-5-6-22(21-15)7-11-12(17)3-2-4-13(11)18/h2-6,8H,7,9H2,1H3,(H,19,21,25). The van der Waals surface area contributed by atoms with Gasteiger partial charge in [0.2, 0.25) is 5.91 Å². The molecule has 140 valence electrons. The number of nitrogens with zero attached hydrogens (tertiary/aromatic N) is 5. The van der Waals surface area contributed by atoms with Crippen LogP contribution in [-0.2, 0) is 17.9 Å². The fraction of sp³-hybridized carbons (Fsp3) is 0.188. The highest BCUT2D eigenvalue weighted by molar-refractivity contribution is 6.35. The van der Waals surface area contributed by atoms with Crippen LogP contribution in [0.3, 0.4) is 0 Å². The van der Waals surface area contributed by atoms with Crippen molar-refractivity contribution in [1.82, 2.24) is 19.6 Å². The van der Waals surface area contributed by atoms with Crippen LogP contribution in [0.2, 0.25) is 10.0 Å². The Kier molecular flexibility index (Phi) is 5.43. The first kappa shape index (κ1) is 18.9. The average molecular weight is 409 g/mol. The van der Waals surface area contributed by atoms with Gasteiger partial charge in [0.1, 0.15) is 18.4 Å². The SMILES string of the molecule is Cc1nn(CC(=O)Nc2ccn(Cc3c(Cl)cccc3Cl)n2)cc1[N+](=O)[O-]. The summed E-state index contributed by atoms with van der Waals surface area (Å²) in [5, 5.41) is 22.7. The van der Waals surface area contributed by atoms with Crippen LogP contribution >= 0.6 is 23.2 Å². The Morgan fingerprint density at radius 1 is 1.22 bits per heavy atom. The van der Waals surface area contributed by atoms with Gasteiger partial charge in [0, 0.05) is 27.9 Å². The van der Waals surface area contributed by atoms with Crippen LogP contribution in [-0.4, -0.2) is 30.4 Å². The molecule has 3 aromatic rings. The second-order valence-corrected chi connectivity index (χ2v) is 6.52. The van der Waals surface area contributed by atoms with Crippen molar-refractivity contribution in [2.24, 2.45) is 0 Å². The second kappa shape index (κ2) is 7.77. The second-order valence-electron chi connectivity index (χ2n) is 5.70. The van der Waals surface area contributed by atoms with Crippen molar-refractivity contribution in [3.8, 4) is 0 Å². The van der Waals surface area contributed by atoms with Gasteiger partial charge in [0.25, 0.3) is 0 Å². The number of rotatable bonds is 6. The lowest BCUT2D eigenvalue weighted by atomic mass is 10.2. The molecule has 0 atom stereocenters. The van der Waals surface area contributed by atoms with Crippen LogP contribution in [0.4, 0.5) is 11.5 Å². The number of carbonyl (C=O) groups is 1. The van der Waals surface area contributed by atoms with Gasteiger partial charge in [-0.3, -0.25) is 24.3 Å². The summed E-state index contributed by atoms with van der Waals surface area (Å²) >= 11 is 12.3. The Hall–Kier alpha value is -2.91. The maximum Gasteiger partial charge on any atom is 0.309 e. The van der Waals surface area contributed by atoms with E-state index in [4.69, 9.17) is 23.2 Å². The first-order valence-electron chi connectivity index (χ1n) is 7.78. The summed E-state index contributed by atoms with van der Waals surface area (Å²) in [7, 11) is 0. The van der Waals surface area contributed by atoms with Crippen molar-refractivity contribution < 1.29 is 9.72 Å². The van der Waals surface area contributed by atoms with Gasteiger partial charge in [0.05, 0.1) is 11.5 Å². The summed E-state index contributed by atoms with van der Waals surface area (Å²) in [6.45, 7) is 1.69. The number of benzene rings is 1. The van der Waals surface area contributed by atoms with E-state index in [2.05, 4.69) is 15.5 Å². The minimum atomic E-state index is -0.543. The summed E-state index contributed by atoms with van der Waals surface area (Å²) in [6, 6.07) is 6.85. The highest BCUT2D eigenvalue weighted by Gasteiger charge is 2.17. The van der Waals surface area contributed by atoms with Crippen LogP contribution in [0.25, 0.3) is 0 Å². The van der Waals surface area contributed by atoms with Crippen LogP contribution in [0.1, 0.15) is 11.3 Å². The first-order valence-corrected chi connectivity index (χ1v) is 8.53. The van der Waals surface area contributed by atoms with Crippen molar-refractivity contribution in [3.05, 3.63) is 68.1 Å². The first-order chi connectivity index (χ1) is 12.8. The Morgan fingerprint density at radius 3 is 2.56 bits per heavy atom. The van der Waals surface area contributed by atoms with E-state index in [1.54, 1.807) is 35.1 Å². The zero-order valence-corrected chi connectivity index (χ0v) is 15.6. The molecule has 2 heterocycles. The minimum Gasteiger partial charge on any atom is -0.308 e. The number of nitrogens with one attached hydrogen (secondary N) is 1. The van der Waals surface area contributed by atoms with Crippen LogP contribution < -0.4 is 5.32 Å². The molecule has 0 spiro atoms. The lowest BCUT2D eigenvalue weighted by Gasteiger charge is -2.07. The van der Waals surface area contributed by atoms with Crippen LogP contribution in [0.15, 0.2) is 36.7 Å². The molecule has 0 aliphatic rings. The van der Waals surface area contributed by atoms with E-state index < -0.39 is 10.8 Å². The number of anilines is 1. The van der Waals surface area contributed by atoms with Gasteiger partial charge in [-0.25, -0.2) is 0 Å². The number of hydrogen-bond acceptors (Lipinski definition) is 5. The third-order valence-corrected chi connectivity index (χ3v) is 4.42. The fourth-order valence-corrected chi connectivity index (χ4v) is 2.98. The number of amides is 1. The summed E-state index contributed by atoms with van der Waals surface area (Å²) in [4.78, 5) is 22.4. The van der Waals surface area contributed by atoms with E-state index in [1.807, 2.05) is 0 Å². The monoisotopic (exact) mass is 408 g/mol. The highest BCUT2D eigenvalue weighted by Crippen LogP contribution is 2.25. The summed E-state index contributed by atoms with van der Waals surface area (Å²) in [5.41, 5.74) is 0.832. The number of carbonyl (C=O) groups excluding carboxylic acids is 1. The molecule has 27 heavy (non-hydrogen) atoms. The molecule has 11 heteroatoms. The highest BCUT2D eigenvalue weighted by atomic mass is 35.5. The van der Waals surface area contributed by atoms with Gasteiger partial charge in [-0.15, -0.1) is 0 Å². The number of aromatic nitrogens is 4. The predicted octanol–water partition coefficient (Wildman–Crippen LogP) is 3.29. The molecule has 1 N–H and O–H groups in total. The number of hydrogen-bond donors (Lipinski definition) is 1. The Labute approximate surface area is 163 Å². The van der Waals surface area contributed by atoms with Crippen molar-refractivity contribution in [3.63, 3.8) is 0 Å². The molecule has 1 aromatic carbocycles. The largest absolute Gasteiger partial charge is 0.309 e. The molecule has 0 radical (unpaired) electrons. The molecule has 0 saturated carbocycles. The van der Waals surface area contributed by atoms with Gasteiger partial charge in [-0.1, -0.05) is 29.3 Å². The molecule has 1 amide bonds. The molecule has 0 bridgehead atoms. The normalized spacial score (nSPS) is 10.8. The number of nitro groups is 1. The van der Waals surface area contributed by atoms with E-state index >= 15 is 0 Å². The van der Waals surface area contributed by atoms with Gasteiger partial charge in [0.15, 0.2) is 5.82 Å². The lowest BCUT2D eigenvalue weighted by Crippen LogP contribution is -2.19. The third kappa shape index (κ3) is 4.44. The van der Waals surface area contributed by atoms with E-state index in [1.165, 1.54) is 17.8 Å². The smallest absolute Gasteiger partial charge is 0.308 e. The van der Waals surface area contributed by atoms with Crippen LogP contribution in [0, 0.1) is 17.0 Å². The summed E-state index contributed by atoms with van der Waals surface area (Å²) in [5.74, 6) is -0.0741. The van der Waals surface area contributed by atoms with Gasteiger partial charge >= 0.3 is 5.69 Å². The minimum absolute atomic E-state index is 0.135. The molecule has 0 saturated heterocycles. The fourth-order valence-electron chi connectivity index (χ4n) is 2.46. The van der Waals surface area contributed by atoms with E-state index in [0.717, 1.165) is 5.56 Å². The van der Waals surface area contributed by atoms with Gasteiger partial charge in [-0.2, -0.15) is 10.2 Å². The molecule has 0 fully saturated rings. The maximum absolute atomic E-state index is 12.1. The zero-order valence-electron chi connectivity index (χ0n) is 14.1. The maximum atomic E-state index is 12.1. The van der Waals surface area contributed by atoms with Crippen molar-refractivity contribution in [2.75, 3.05) is 5.32 Å². The third-order valence-electron chi connectivity index (χ3n) is 3.71. The van der Waals surface area contributed by atoms with E-state index in [9.17, 15) is 14.9 Å². The molecule has 2 aromatic heterocycles. The number of aryl methyl sites for hydroxylation is 1. The van der Waals surface area contributed by atoms with Crippen LogP contribution in [0.5, 0.6) is 0 Å². The Morgan fingerprint density at radius 2 is 1.93 bits per heavy atom. The zero-order chi connectivity index (χ0) is 19.6. The molecule has 0 unspecified atom stereocenters. The summed E-state index contributed by atoms with van der Waals surface area (Å²) in [6.07, 6.45) is 2.89. The Balaban J connectivity index is 1.64. The lowest BCUT2D eigenvalue weighted by molar-refractivity contribution is -0.385. The number of halogens is 2. The Bertz CT molecular complexity index is 993. The van der Waals surface area contributed by atoms with E-state index in [0.29, 0.717) is 22.4 Å². The van der Waals surface area contributed by atoms with Gasteiger partial charge in [-0.05, 0) is 19.1 Å². The van der Waals surface area contributed by atoms with Crippen molar-refractivity contribution in [2.45, 2.75) is 20.0 Å². The molecular weight excluding hydrogens is 395 g/mol. The quantitative estimate of drug-likeness (QED) is 0.497. The molecule has 0 aliphatic carbocycles. The molecule has 9 nitrogen and oxygen atoms in total. The van der Waals surface area contributed by atoms with Crippen molar-refractivity contribution >= 4 is 40.6 Å². The van der Waals surface area contributed by atoms with Crippen molar-refractivity contribution in [1.29, 1.82) is 0 Å². The predicted molar refractivity (Wildman–Crippen MR) is 100 cm³/mol. The molecular formula is C16H14Cl2N6O3. The summed E-state index contributed by atoms with van der Waals surface area (Å²) < 4.78 is 2.80. The topological polar surface area (TPSA) is 108 Å². The van der Waals surface area contributed by atoms with Gasteiger partial charge < -0.3 is 5.32 Å². The van der Waals surface area contributed by atoms with E-state index in [-0.39, 0.29) is 17.9 Å². The molecule has 3 rings (SSSR count). The molecule has 0 aliphatic heterocycles.